The largest absolute Gasteiger partial charge is 0.495 e. The van der Waals surface area contributed by atoms with Crippen LogP contribution in [0, 0.1) is 0 Å². The molecule has 116 valence electrons. The fourth-order valence-corrected chi connectivity index (χ4v) is 1.58. The molecule has 0 bridgehead atoms. The van der Waals surface area contributed by atoms with Gasteiger partial charge in [0.15, 0.2) is 0 Å². The Bertz CT molecular complexity index is 511. The van der Waals surface area contributed by atoms with Crippen LogP contribution in [0.3, 0.4) is 0 Å². The monoisotopic (exact) mass is 296 g/mol. The molecular weight excluding hydrogens is 276 g/mol. The Kier molecular flexibility index (Phi) is 5.52. The zero-order chi connectivity index (χ0) is 16.0. The number of rotatable bonds is 5. The van der Waals surface area contributed by atoms with Crippen LogP contribution in [-0.2, 0) is 9.53 Å². The molecule has 0 radical (unpaired) electrons. The molecule has 1 atom stereocenters. The SMILES string of the molecule is COc1cc(C(C=O)NC(=O)OC(C)(C)C)c(OC)cn1. The quantitative estimate of drug-likeness (QED) is 0.835. The summed E-state index contributed by atoms with van der Waals surface area (Å²) in [5.74, 6) is 0.674. The number of aromatic nitrogens is 1. The normalized spacial score (nSPS) is 12.2. The third-order valence-electron chi connectivity index (χ3n) is 2.44. The third kappa shape index (κ3) is 4.94. The van der Waals surface area contributed by atoms with Crippen LogP contribution in [0.5, 0.6) is 11.6 Å². The van der Waals surface area contributed by atoms with E-state index in [-0.39, 0.29) is 0 Å². The van der Waals surface area contributed by atoms with E-state index < -0.39 is 17.7 Å². The maximum atomic E-state index is 11.8. The molecule has 1 amide bonds. The molecule has 7 nitrogen and oxygen atoms in total. The standard InChI is InChI=1S/C14H20N2O5/c1-14(2,3)21-13(18)16-10(8-17)9-6-12(20-5)15-7-11(9)19-4/h6-8,10H,1-5H3,(H,16,18). The van der Waals surface area contributed by atoms with Gasteiger partial charge < -0.3 is 24.3 Å². The first-order valence-electron chi connectivity index (χ1n) is 6.33. The molecule has 0 spiro atoms. The Hall–Kier alpha value is -2.31. The van der Waals surface area contributed by atoms with Gasteiger partial charge in [0.25, 0.3) is 0 Å². The molecule has 0 aliphatic rings. The van der Waals surface area contributed by atoms with Gasteiger partial charge >= 0.3 is 6.09 Å². The van der Waals surface area contributed by atoms with Crippen molar-refractivity contribution in [2.24, 2.45) is 0 Å². The highest BCUT2D eigenvalue weighted by Crippen LogP contribution is 2.26. The van der Waals surface area contributed by atoms with Crippen LogP contribution >= 0.6 is 0 Å². The van der Waals surface area contributed by atoms with Gasteiger partial charge in [-0.1, -0.05) is 0 Å². The number of aldehydes is 1. The summed E-state index contributed by atoms with van der Waals surface area (Å²) in [5, 5.41) is 2.47. The Morgan fingerprint density at radius 2 is 2.00 bits per heavy atom. The smallest absolute Gasteiger partial charge is 0.408 e. The lowest BCUT2D eigenvalue weighted by atomic mass is 10.1. The molecule has 0 fully saturated rings. The van der Waals surface area contributed by atoms with Crippen molar-refractivity contribution in [2.75, 3.05) is 14.2 Å². The Balaban J connectivity index is 2.99. The topological polar surface area (TPSA) is 86.8 Å². The van der Waals surface area contributed by atoms with E-state index in [0.29, 0.717) is 23.5 Å². The fraction of sp³-hybridized carbons (Fsp3) is 0.500. The number of alkyl carbamates (subject to hydrolysis) is 1. The number of hydrogen-bond acceptors (Lipinski definition) is 6. The lowest BCUT2D eigenvalue weighted by molar-refractivity contribution is -0.109. The molecule has 0 saturated heterocycles. The van der Waals surface area contributed by atoms with E-state index >= 15 is 0 Å². The molecule has 1 unspecified atom stereocenters. The minimum atomic E-state index is -0.924. The highest BCUT2D eigenvalue weighted by atomic mass is 16.6. The highest BCUT2D eigenvalue weighted by molar-refractivity contribution is 5.75. The molecule has 0 aromatic carbocycles. The predicted octanol–water partition coefficient (Wildman–Crippen LogP) is 1.86. The summed E-state index contributed by atoms with van der Waals surface area (Å²) >= 11 is 0. The minimum absolute atomic E-state index is 0.309. The molecule has 1 heterocycles. The number of pyridine rings is 1. The molecule has 7 heteroatoms. The van der Waals surface area contributed by atoms with Crippen molar-refractivity contribution >= 4 is 12.4 Å². The molecular formula is C14H20N2O5. The van der Waals surface area contributed by atoms with Gasteiger partial charge in [0.2, 0.25) is 5.88 Å². The van der Waals surface area contributed by atoms with E-state index in [1.54, 1.807) is 20.8 Å². The van der Waals surface area contributed by atoms with Crippen LogP contribution in [0.2, 0.25) is 0 Å². The number of carbonyl (C=O) groups is 2. The van der Waals surface area contributed by atoms with Gasteiger partial charge in [-0.3, -0.25) is 0 Å². The Morgan fingerprint density at radius 3 is 2.48 bits per heavy atom. The lowest BCUT2D eigenvalue weighted by Gasteiger charge is -2.22. The summed E-state index contributed by atoms with van der Waals surface area (Å²) in [7, 11) is 2.90. The number of nitrogens with zero attached hydrogens (tertiary/aromatic N) is 1. The Morgan fingerprint density at radius 1 is 1.33 bits per heavy atom. The van der Waals surface area contributed by atoms with Crippen molar-refractivity contribution in [1.82, 2.24) is 10.3 Å². The predicted molar refractivity (Wildman–Crippen MR) is 75.5 cm³/mol. The molecule has 1 aromatic rings. The van der Waals surface area contributed by atoms with Crippen LogP contribution in [0.4, 0.5) is 4.79 Å². The number of nitrogens with one attached hydrogen (secondary N) is 1. The first-order chi connectivity index (χ1) is 9.80. The average molecular weight is 296 g/mol. The van der Waals surface area contributed by atoms with Crippen molar-refractivity contribution in [3.8, 4) is 11.6 Å². The molecule has 0 aliphatic carbocycles. The molecule has 1 rings (SSSR count). The van der Waals surface area contributed by atoms with Gasteiger partial charge in [0.1, 0.15) is 23.7 Å². The van der Waals surface area contributed by atoms with Crippen LogP contribution in [0.15, 0.2) is 12.3 Å². The summed E-state index contributed by atoms with van der Waals surface area (Å²) in [4.78, 5) is 27.0. The van der Waals surface area contributed by atoms with E-state index in [1.807, 2.05) is 0 Å². The van der Waals surface area contributed by atoms with Gasteiger partial charge in [-0.15, -0.1) is 0 Å². The average Bonchev–Trinajstić information content (AvgIpc) is 2.42. The first-order valence-corrected chi connectivity index (χ1v) is 6.33. The molecule has 21 heavy (non-hydrogen) atoms. The van der Waals surface area contributed by atoms with Gasteiger partial charge in [0, 0.05) is 11.6 Å². The molecule has 1 aromatic heterocycles. The second kappa shape index (κ2) is 6.92. The van der Waals surface area contributed by atoms with Gasteiger partial charge in [0.05, 0.1) is 20.4 Å². The maximum Gasteiger partial charge on any atom is 0.408 e. The summed E-state index contributed by atoms with van der Waals surface area (Å²) < 4.78 is 15.3. The van der Waals surface area contributed by atoms with E-state index in [9.17, 15) is 9.59 Å². The van der Waals surface area contributed by atoms with E-state index in [1.165, 1.54) is 26.5 Å². The van der Waals surface area contributed by atoms with Crippen LogP contribution in [0.1, 0.15) is 32.4 Å². The molecule has 1 N–H and O–H groups in total. The van der Waals surface area contributed by atoms with Crippen LogP contribution < -0.4 is 14.8 Å². The number of methoxy groups -OCH3 is 2. The molecule has 0 saturated carbocycles. The Labute approximate surface area is 123 Å². The summed E-state index contributed by atoms with van der Waals surface area (Å²) in [6.45, 7) is 5.20. The number of amides is 1. The third-order valence-corrected chi connectivity index (χ3v) is 2.44. The second-order valence-corrected chi connectivity index (χ2v) is 5.23. The van der Waals surface area contributed by atoms with Gasteiger partial charge in [-0.25, -0.2) is 9.78 Å². The summed E-state index contributed by atoms with van der Waals surface area (Å²) in [6.07, 6.45) is 1.31. The maximum absolute atomic E-state index is 11.8. The van der Waals surface area contributed by atoms with Crippen molar-refractivity contribution < 1.29 is 23.8 Å². The first kappa shape index (κ1) is 16.7. The van der Waals surface area contributed by atoms with Crippen molar-refractivity contribution in [2.45, 2.75) is 32.4 Å². The van der Waals surface area contributed by atoms with Crippen LogP contribution in [0.25, 0.3) is 0 Å². The lowest BCUT2D eigenvalue weighted by Crippen LogP contribution is -2.35. The second-order valence-electron chi connectivity index (χ2n) is 5.23. The van der Waals surface area contributed by atoms with Crippen LogP contribution in [-0.4, -0.2) is 37.2 Å². The van der Waals surface area contributed by atoms with Crippen molar-refractivity contribution in [3.05, 3.63) is 17.8 Å². The number of ether oxygens (including phenoxy) is 3. The fourth-order valence-electron chi connectivity index (χ4n) is 1.58. The summed E-state index contributed by atoms with van der Waals surface area (Å²) in [5.41, 5.74) is -0.220. The van der Waals surface area contributed by atoms with E-state index in [2.05, 4.69) is 10.3 Å². The number of carbonyl (C=O) groups excluding carboxylic acids is 2. The zero-order valence-corrected chi connectivity index (χ0v) is 12.8. The van der Waals surface area contributed by atoms with Gasteiger partial charge in [-0.05, 0) is 20.8 Å². The van der Waals surface area contributed by atoms with Crippen molar-refractivity contribution in [1.29, 1.82) is 0 Å². The van der Waals surface area contributed by atoms with E-state index in [0.717, 1.165) is 0 Å². The molecule has 0 aliphatic heterocycles. The highest BCUT2D eigenvalue weighted by Gasteiger charge is 2.23. The van der Waals surface area contributed by atoms with E-state index in [4.69, 9.17) is 14.2 Å². The number of hydrogen-bond donors (Lipinski definition) is 1. The van der Waals surface area contributed by atoms with Gasteiger partial charge in [-0.2, -0.15) is 0 Å². The summed E-state index contributed by atoms with van der Waals surface area (Å²) in [6, 6.07) is 0.599. The van der Waals surface area contributed by atoms with Crippen molar-refractivity contribution in [3.63, 3.8) is 0 Å². The zero-order valence-electron chi connectivity index (χ0n) is 12.8. The minimum Gasteiger partial charge on any atom is -0.495 e.